The van der Waals surface area contributed by atoms with E-state index in [1.54, 1.807) is 0 Å². The van der Waals surface area contributed by atoms with Crippen LogP contribution in [0.3, 0.4) is 0 Å². The van der Waals surface area contributed by atoms with Crippen molar-refractivity contribution in [2.75, 3.05) is 26.4 Å². The molecule has 19 heavy (non-hydrogen) atoms. The molecule has 0 unspecified atom stereocenters. The molecule has 0 fully saturated rings. The van der Waals surface area contributed by atoms with E-state index in [9.17, 15) is 18.0 Å². The maximum absolute atomic E-state index is 11.2. The third-order valence-corrected chi connectivity index (χ3v) is 2.48. The van der Waals surface area contributed by atoms with Gasteiger partial charge in [0.1, 0.15) is 6.61 Å². The minimum absolute atomic E-state index is 0. The van der Waals surface area contributed by atoms with Crippen molar-refractivity contribution in [3.8, 4) is 0 Å². The van der Waals surface area contributed by atoms with Crippen LogP contribution >= 0.6 is 0 Å². The Morgan fingerprint density at radius 2 is 1.74 bits per heavy atom. The fourth-order valence-corrected chi connectivity index (χ4v) is 1.42. The van der Waals surface area contributed by atoms with Gasteiger partial charge in [0.15, 0.2) is 16.1 Å². The first-order valence-electron chi connectivity index (χ1n) is 4.70. The molecule has 0 bridgehead atoms. The SMILES string of the molecule is O=C(O)C[C-](C(=O)OCCOCCO)S(=O)(=O)O.[Na+]. The smallest absolute Gasteiger partial charge is 0.484 e. The van der Waals surface area contributed by atoms with Gasteiger partial charge in [0, 0.05) is 0 Å². The normalized spacial score (nSPS) is 10.4. The van der Waals surface area contributed by atoms with Gasteiger partial charge < -0.3 is 24.2 Å². The molecule has 0 saturated carbocycles. The summed E-state index contributed by atoms with van der Waals surface area (Å²) >= 11 is 0. The molecule has 0 spiro atoms. The molecule has 0 atom stereocenters. The molecule has 9 nitrogen and oxygen atoms in total. The fraction of sp³-hybridized carbons (Fsp3) is 0.625. The summed E-state index contributed by atoms with van der Waals surface area (Å²) in [5.41, 5.74) is 0. The average molecular weight is 308 g/mol. The standard InChI is InChI=1S/C8H13O9S.Na/c9-1-2-16-3-4-17-8(12)6(5-7(10)11)18(13,14)15;/h9H,1-5H2,(H,10,11)(H,13,14,15);/q-1;+1. The Kier molecular flexibility index (Phi) is 11.5. The van der Waals surface area contributed by atoms with Crippen molar-refractivity contribution >= 4 is 22.1 Å². The molecule has 0 aliphatic carbocycles. The van der Waals surface area contributed by atoms with Crippen molar-refractivity contribution in [3.63, 3.8) is 0 Å². The number of carboxylic acids is 1. The minimum Gasteiger partial charge on any atom is -0.484 e. The van der Waals surface area contributed by atoms with Crippen LogP contribution in [0.2, 0.25) is 0 Å². The molecule has 11 heteroatoms. The average Bonchev–Trinajstić information content (AvgIpc) is 2.23. The van der Waals surface area contributed by atoms with Gasteiger partial charge in [-0.25, -0.2) is 8.42 Å². The van der Waals surface area contributed by atoms with E-state index in [-0.39, 0.29) is 56.0 Å². The number of rotatable bonds is 9. The second kappa shape index (κ2) is 10.4. The predicted molar refractivity (Wildman–Crippen MR) is 55.9 cm³/mol. The Labute approximate surface area is 131 Å². The first-order valence-corrected chi connectivity index (χ1v) is 6.14. The van der Waals surface area contributed by atoms with E-state index in [4.69, 9.17) is 19.5 Å². The second-order valence-electron chi connectivity index (χ2n) is 2.94. The molecule has 106 valence electrons. The number of esters is 1. The molecule has 0 saturated heterocycles. The molecule has 0 aliphatic heterocycles. The van der Waals surface area contributed by atoms with Crippen LogP contribution in [-0.4, -0.2) is 61.5 Å². The third kappa shape index (κ3) is 10.1. The Morgan fingerprint density at radius 3 is 2.16 bits per heavy atom. The fourth-order valence-electron chi connectivity index (χ4n) is 0.846. The van der Waals surface area contributed by atoms with Crippen LogP contribution in [-0.2, 0) is 29.2 Å². The van der Waals surface area contributed by atoms with E-state index in [0.29, 0.717) is 0 Å². The van der Waals surface area contributed by atoms with Gasteiger partial charge in [0.2, 0.25) is 0 Å². The molecule has 3 N–H and O–H groups in total. The molecular weight excluding hydrogens is 295 g/mol. The van der Waals surface area contributed by atoms with Gasteiger partial charge in [-0.1, -0.05) is 0 Å². The zero-order chi connectivity index (χ0) is 14.2. The molecule has 0 aromatic rings. The van der Waals surface area contributed by atoms with Crippen LogP contribution in [0.25, 0.3) is 0 Å². The zero-order valence-electron chi connectivity index (χ0n) is 10.2. The van der Waals surface area contributed by atoms with E-state index < -0.39 is 33.7 Å². The van der Waals surface area contributed by atoms with Crippen LogP contribution < -0.4 is 29.6 Å². The van der Waals surface area contributed by atoms with Crippen molar-refractivity contribution in [3.05, 3.63) is 5.25 Å². The maximum atomic E-state index is 11.2. The van der Waals surface area contributed by atoms with E-state index in [0.717, 1.165) is 0 Å². The molecule has 0 aromatic heterocycles. The maximum Gasteiger partial charge on any atom is 1.00 e. The molecule has 0 aromatic carbocycles. The third-order valence-electron chi connectivity index (χ3n) is 1.55. The number of aliphatic hydroxyl groups is 1. The zero-order valence-corrected chi connectivity index (χ0v) is 13.1. The van der Waals surface area contributed by atoms with Gasteiger partial charge >= 0.3 is 29.6 Å². The number of carbonyl (C=O) groups excluding carboxylic acids is 1. The Hall–Kier alpha value is -0.360. The number of hydrogen-bond acceptors (Lipinski definition) is 7. The van der Waals surface area contributed by atoms with E-state index in [1.165, 1.54) is 0 Å². The quantitative estimate of drug-likeness (QED) is 0.126. The monoisotopic (exact) mass is 308 g/mol. The largest absolute Gasteiger partial charge is 1.00 e. The number of carbonyl (C=O) groups is 2. The summed E-state index contributed by atoms with van der Waals surface area (Å²) in [6.07, 6.45) is -1.17. The summed E-state index contributed by atoms with van der Waals surface area (Å²) in [6, 6.07) is 0. The summed E-state index contributed by atoms with van der Waals surface area (Å²) in [6.45, 7) is -0.646. The van der Waals surface area contributed by atoms with Crippen molar-refractivity contribution in [2.24, 2.45) is 0 Å². The topological polar surface area (TPSA) is 147 Å². The van der Waals surface area contributed by atoms with Crippen LogP contribution in [0.1, 0.15) is 6.42 Å². The summed E-state index contributed by atoms with van der Waals surface area (Å²) in [5.74, 6) is -3.05. The van der Waals surface area contributed by atoms with E-state index >= 15 is 0 Å². The minimum atomic E-state index is -4.93. The summed E-state index contributed by atoms with van der Waals surface area (Å²) in [7, 11) is -4.93. The van der Waals surface area contributed by atoms with Crippen LogP contribution in [0.5, 0.6) is 0 Å². The van der Waals surface area contributed by atoms with Crippen molar-refractivity contribution in [2.45, 2.75) is 6.42 Å². The first kappa shape index (κ1) is 20.9. The van der Waals surface area contributed by atoms with Gasteiger partial charge in [-0.15, -0.1) is 5.25 Å². The van der Waals surface area contributed by atoms with Crippen molar-refractivity contribution in [1.82, 2.24) is 0 Å². The van der Waals surface area contributed by atoms with Crippen LogP contribution in [0.15, 0.2) is 0 Å². The van der Waals surface area contributed by atoms with Gasteiger partial charge in [0.05, 0.1) is 19.8 Å². The van der Waals surface area contributed by atoms with Gasteiger partial charge in [-0.2, -0.15) is 0 Å². The molecule has 0 aliphatic rings. The first-order chi connectivity index (χ1) is 8.29. The van der Waals surface area contributed by atoms with Gasteiger partial charge in [-0.3, -0.25) is 9.59 Å². The molecule has 0 radical (unpaired) electrons. The van der Waals surface area contributed by atoms with Gasteiger partial charge in [0.25, 0.3) is 5.97 Å². The summed E-state index contributed by atoms with van der Waals surface area (Å²) in [5, 5.41) is 15.5. The van der Waals surface area contributed by atoms with Gasteiger partial charge in [-0.05, 0) is 6.42 Å². The Balaban J connectivity index is 0. The van der Waals surface area contributed by atoms with E-state index in [1.807, 2.05) is 0 Å². The van der Waals surface area contributed by atoms with Crippen molar-refractivity contribution in [1.29, 1.82) is 0 Å². The second-order valence-corrected chi connectivity index (χ2v) is 4.38. The molecule has 0 amide bonds. The van der Waals surface area contributed by atoms with E-state index in [2.05, 4.69) is 4.74 Å². The number of ether oxygens (including phenoxy) is 2. The summed E-state index contributed by atoms with van der Waals surface area (Å²) in [4.78, 5) is 21.5. The number of carboxylic acid groups (broad SMARTS) is 1. The molecule has 0 heterocycles. The molecule has 0 rings (SSSR count). The number of aliphatic carboxylic acids is 1. The Morgan fingerprint density at radius 1 is 1.16 bits per heavy atom. The number of hydrogen-bond donors (Lipinski definition) is 3. The summed E-state index contributed by atoms with van der Waals surface area (Å²) < 4.78 is 39.2. The van der Waals surface area contributed by atoms with Crippen LogP contribution in [0, 0.1) is 5.25 Å². The molecular formula is C8H13NaO9S. The predicted octanol–water partition coefficient (Wildman–Crippen LogP) is -4.56. The number of aliphatic hydroxyl groups excluding tert-OH is 1. The van der Waals surface area contributed by atoms with Crippen LogP contribution in [0.4, 0.5) is 0 Å². The van der Waals surface area contributed by atoms with Crippen molar-refractivity contribution < 1.29 is 71.8 Å². The Bertz CT molecular complexity index is 380.